The Hall–Kier alpha value is -2.32. The number of likely N-dealkylation sites (tertiary alicyclic amines) is 1. The van der Waals surface area contributed by atoms with E-state index in [0.717, 1.165) is 51.4 Å². The van der Waals surface area contributed by atoms with Gasteiger partial charge in [-0.05, 0) is 46.5 Å². The number of amides is 1. The van der Waals surface area contributed by atoms with Crippen LogP contribution in [0, 0.1) is 5.92 Å². The van der Waals surface area contributed by atoms with Crippen LogP contribution >= 0.6 is 0 Å². The minimum Gasteiger partial charge on any atom is -0.466 e. The molecule has 0 spiro atoms. The second kappa shape index (κ2) is 22.3. The molecule has 0 saturated carbocycles. The van der Waals surface area contributed by atoms with Crippen molar-refractivity contribution in [3.05, 3.63) is 0 Å². The first kappa shape index (κ1) is 37.7. The number of hydrogen-bond donors (Lipinski definition) is 0. The fourth-order valence-electron chi connectivity index (χ4n) is 4.94. The summed E-state index contributed by atoms with van der Waals surface area (Å²) in [7, 11) is 0. The van der Waals surface area contributed by atoms with Crippen LogP contribution in [0.1, 0.15) is 144 Å². The van der Waals surface area contributed by atoms with Crippen molar-refractivity contribution in [3.8, 4) is 0 Å². The molecule has 1 amide bonds. The maximum absolute atomic E-state index is 12.8. The molecule has 1 saturated heterocycles. The Balaban J connectivity index is 2.56. The van der Waals surface area contributed by atoms with Gasteiger partial charge in [0.1, 0.15) is 12.2 Å². The van der Waals surface area contributed by atoms with Gasteiger partial charge in [-0.15, -0.1) is 0 Å². The molecular formula is C33H59NO8. The fraction of sp³-hybridized carbons (Fsp3) is 0.879. The summed E-state index contributed by atoms with van der Waals surface area (Å²) in [6.45, 7) is 10.7. The van der Waals surface area contributed by atoms with Crippen molar-refractivity contribution in [1.29, 1.82) is 0 Å². The largest absolute Gasteiger partial charge is 0.466 e. The summed E-state index contributed by atoms with van der Waals surface area (Å²) in [5.74, 6) is -1.75. The van der Waals surface area contributed by atoms with Crippen molar-refractivity contribution >= 4 is 24.0 Å². The molecule has 2 atom stereocenters. The molecule has 9 nitrogen and oxygen atoms in total. The second-order valence-corrected chi connectivity index (χ2v) is 12.6. The van der Waals surface area contributed by atoms with E-state index < -0.39 is 29.6 Å². The summed E-state index contributed by atoms with van der Waals surface area (Å²) in [6.07, 6.45) is 14.3. The molecule has 0 aliphatic carbocycles. The van der Waals surface area contributed by atoms with E-state index in [-0.39, 0.29) is 38.1 Å². The van der Waals surface area contributed by atoms with Gasteiger partial charge in [0, 0.05) is 18.9 Å². The number of carbonyl (C=O) groups is 4. The zero-order valence-corrected chi connectivity index (χ0v) is 27.2. The SMILES string of the molecule is CCCCCCCCOC(=O)CC(COC(=O)CCCCCCCC)CC(=O)OC[C@@H]1CCCN1C(=O)OC(C)(C)C. The molecule has 0 N–H and O–H groups in total. The number of hydrogen-bond acceptors (Lipinski definition) is 8. The lowest BCUT2D eigenvalue weighted by Gasteiger charge is -2.28. The van der Waals surface area contributed by atoms with Crippen LogP contribution in [0.15, 0.2) is 0 Å². The third kappa shape index (κ3) is 19.0. The molecule has 0 bridgehead atoms. The summed E-state index contributed by atoms with van der Waals surface area (Å²) in [5.41, 5.74) is -0.607. The lowest BCUT2D eigenvalue weighted by Crippen LogP contribution is -2.42. The molecular weight excluding hydrogens is 538 g/mol. The van der Waals surface area contributed by atoms with Crippen LogP contribution < -0.4 is 0 Å². The van der Waals surface area contributed by atoms with Gasteiger partial charge in [-0.25, -0.2) is 4.79 Å². The molecule has 0 aromatic heterocycles. The highest BCUT2D eigenvalue weighted by Crippen LogP contribution is 2.22. The third-order valence-corrected chi connectivity index (χ3v) is 7.33. The number of carbonyl (C=O) groups excluding carboxylic acids is 4. The quantitative estimate of drug-likeness (QED) is 0.0716. The van der Waals surface area contributed by atoms with Crippen LogP contribution in [-0.4, -0.2) is 66.9 Å². The van der Waals surface area contributed by atoms with Gasteiger partial charge in [0.25, 0.3) is 0 Å². The number of esters is 3. The summed E-state index contributed by atoms with van der Waals surface area (Å²) in [4.78, 5) is 51.8. The lowest BCUT2D eigenvalue weighted by atomic mass is 10.0. The first-order chi connectivity index (χ1) is 20.1. The highest BCUT2D eigenvalue weighted by Gasteiger charge is 2.33. The first-order valence-electron chi connectivity index (χ1n) is 16.5. The van der Waals surface area contributed by atoms with E-state index in [4.69, 9.17) is 18.9 Å². The predicted molar refractivity (Wildman–Crippen MR) is 163 cm³/mol. The van der Waals surface area contributed by atoms with E-state index in [1.165, 1.54) is 38.5 Å². The molecule has 1 unspecified atom stereocenters. The molecule has 1 heterocycles. The van der Waals surface area contributed by atoms with Crippen LogP contribution in [-0.2, 0) is 33.3 Å². The van der Waals surface area contributed by atoms with Gasteiger partial charge in [-0.1, -0.05) is 78.1 Å². The molecule has 1 fully saturated rings. The van der Waals surface area contributed by atoms with Crippen LogP contribution in [0.5, 0.6) is 0 Å². The van der Waals surface area contributed by atoms with Crippen LogP contribution in [0.4, 0.5) is 4.79 Å². The third-order valence-electron chi connectivity index (χ3n) is 7.33. The maximum Gasteiger partial charge on any atom is 0.410 e. The van der Waals surface area contributed by atoms with Gasteiger partial charge in [0.05, 0.1) is 32.1 Å². The number of ether oxygens (including phenoxy) is 4. The molecule has 0 radical (unpaired) electrons. The van der Waals surface area contributed by atoms with Crippen molar-refractivity contribution in [1.82, 2.24) is 4.90 Å². The van der Waals surface area contributed by atoms with Crippen molar-refractivity contribution < 1.29 is 38.1 Å². The highest BCUT2D eigenvalue weighted by atomic mass is 16.6. The molecule has 9 heteroatoms. The Morgan fingerprint density at radius 1 is 0.738 bits per heavy atom. The van der Waals surface area contributed by atoms with E-state index in [2.05, 4.69) is 13.8 Å². The van der Waals surface area contributed by atoms with E-state index in [9.17, 15) is 19.2 Å². The normalized spacial score (nSPS) is 15.7. The minimum absolute atomic E-state index is 0.0251. The summed E-state index contributed by atoms with van der Waals surface area (Å²) >= 11 is 0. The lowest BCUT2D eigenvalue weighted by molar-refractivity contribution is -0.154. The van der Waals surface area contributed by atoms with Crippen molar-refractivity contribution in [2.75, 3.05) is 26.4 Å². The second-order valence-electron chi connectivity index (χ2n) is 12.6. The van der Waals surface area contributed by atoms with Crippen LogP contribution in [0.25, 0.3) is 0 Å². The van der Waals surface area contributed by atoms with Crippen molar-refractivity contribution in [2.24, 2.45) is 5.92 Å². The molecule has 1 aliphatic rings. The van der Waals surface area contributed by atoms with Gasteiger partial charge < -0.3 is 23.8 Å². The first-order valence-corrected chi connectivity index (χ1v) is 16.5. The average Bonchev–Trinajstić information content (AvgIpc) is 3.40. The maximum atomic E-state index is 12.8. The smallest absolute Gasteiger partial charge is 0.410 e. The molecule has 42 heavy (non-hydrogen) atoms. The van der Waals surface area contributed by atoms with Gasteiger partial charge in [0.2, 0.25) is 0 Å². The minimum atomic E-state index is -0.607. The molecule has 1 rings (SSSR count). The predicted octanol–water partition coefficient (Wildman–Crippen LogP) is 7.52. The molecule has 0 aromatic rings. The van der Waals surface area contributed by atoms with Gasteiger partial charge in [-0.2, -0.15) is 0 Å². The fourth-order valence-corrected chi connectivity index (χ4v) is 4.94. The van der Waals surface area contributed by atoms with E-state index >= 15 is 0 Å². The van der Waals surface area contributed by atoms with Gasteiger partial charge in [-0.3, -0.25) is 14.4 Å². The Morgan fingerprint density at radius 2 is 1.31 bits per heavy atom. The number of rotatable bonds is 22. The summed E-state index contributed by atoms with van der Waals surface area (Å²) in [5, 5.41) is 0. The van der Waals surface area contributed by atoms with E-state index in [1.807, 2.05) is 20.8 Å². The van der Waals surface area contributed by atoms with Crippen LogP contribution in [0.2, 0.25) is 0 Å². The standard InChI is InChI=1S/C33H59NO8/c1-6-8-10-12-14-16-20-29(35)40-25-27(23-30(36)39-22-17-15-13-11-9-7-2)24-31(37)41-26-28-19-18-21-34(28)32(38)42-33(3,4)5/h27-28H,6-26H2,1-5H3/t27?,28-/m0/s1. The van der Waals surface area contributed by atoms with Crippen molar-refractivity contribution in [2.45, 2.75) is 155 Å². The number of nitrogens with zero attached hydrogens (tertiary/aromatic N) is 1. The zero-order valence-electron chi connectivity index (χ0n) is 27.2. The van der Waals surface area contributed by atoms with Crippen molar-refractivity contribution in [3.63, 3.8) is 0 Å². The molecule has 0 aromatic carbocycles. The monoisotopic (exact) mass is 597 g/mol. The van der Waals surface area contributed by atoms with E-state index in [1.54, 1.807) is 4.90 Å². The van der Waals surface area contributed by atoms with Gasteiger partial charge in [0.15, 0.2) is 0 Å². The Morgan fingerprint density at radius 3 is 1.93 bits per heavy atom. The number of unbranched alkanes of at least 4 members (excludes halogenated alkanes) is 10. The molecule has 244 valence electrons. The average molecular weight is 598 g/mol. The topological polar surface area (TPSA) is 108 Å². The zero-order chi connectivity index (χ0) is 31.2. The Labute approximate surface area is 254 Å². The summed E-state index contributed by atoms with van der Waals surface area (Å²) in [6, 6.07) is -0.250. The van der Waals surface area contributed by atoms with Gasteiger partial charge >= 0.3 is 24.0 Å². The van der Waals surface area contributed by atoms with E-state index in [0.29, 0.717) is 19.6 Å². The Kier molecular flexibility index (Phi) is 20.0. The van der Waals surface area contributed by atoms with Crippen LogP contribution in [0.3, 0.4) is 0 Å². The molecule has 1 aliphatic heterocycles. The highest BCUT2D eigenvalue weighted by molar-refractivity contribution is 5.74. The Bertz CT molecular complexity index is 779. The summed E-state index contributed by atoms with van der Waals surface area (Å²) < 4.78 is 21.9.